The Morgan fingerprint density at radius 1 is 1.00 bits per heavy atom. The molecule has 6 nitrogen and oxygen atoms in total. The molecular weight excluding hydrogens is 368 g/mol. The minimum absolute atomic E-state index is 0.199. The summed E-state index contributed by atoms with van der Waals surface area (Å²) in [4.78, 5) is 13.0. The molecule has 0 radical (unpaired) electrons. The van der Waals surface area contributed by atoms with Gasteiger partial charge in [0, 0.05) is 30.4 Å². The van der Waals surface area contributed by atoms with Crippen molar-refractivity contribution in [1.29, 1.82) is 0 Å². The Kier molecular flexibility index (Phi) is 4.99. The third-order valence-electron chi connectivity index (χ3n) is 4.82. The minimum Gasteiger partial charge on any atom is -0.497 e. The molecular formula is C23H22N2O4. The number of aryl methyl sites for hydroxylation is 1. The Labute approximate surface area is 168 Å². The van der Waals surface area contributed by atoms with Crippen molar-refractivity contribution in [2.45, 2.75) is 13.5 Å². The number of ether oxygens (including phenoxy) is 2. The Hall–Kier alpha value is -3.67. The topological polar surface area (TPSA) is 65.6 Å². The Morgan fingerprint density at radius 2 is 1.69 bits per heavy atom. The van der Waals surface area contributed by atoms with Gasteiger partial charge in [0.2, 0.25) is 0 Å². The van der Waals surface area contributed by atoms with Crippen LogP contribution in [0.25, 0.3) is 11.1 Å². The predicted molar refractivity (Wildman–Crippen MR) is 112 cm³/mol. The molecule has 0 fully saturated rings. The maximum Gasteiger partial charge on any atom is 0.272 e. The molecule has 1 amide bonds. The third-order valence-corrected chi connectivity index (χ3v) is 4.82. The number of furan rings is 1. The first-order valence-corrected chi connectivity index (χ1v) is 9.24. The number of aromatic nitrogens is 1. The van der Waals surface area contributed by atoms with Crippen molar-refractivity contribution in [1.82, 2.24) is 4.57 Å². The number of nitrogens with one attached hydrogen (secondary N) is 1. The summed E-state index contributed by atoms with van der Waals surface area (Å²) in [6.07, 6.45) is 1.62. The van der Waals surface area contributed by atoms with E-state index >= 15 is 0 Å². The summed E-state index contributed by atoms with van der Waals surface area (Å²) < 4.78 is 18.2. The van der Waals surface area contributed by atoms with Gasteiger partial charge in [-0.1, -0.05) is 17.7 Å². The van der Waals surface area contributed by atoms with Gasteiger partial charge in [-0.05, 0) is 36.8 Å². The van der Waals surface area contributed by atoms with Crippen LogP contribution in [0.1, 0.15) is 21.6 Å². The largest absolute Gasteiger partial charge is 0.497 e. The van der Waals surface area contributed by atoms with Crippen molar-refractivity contribution in [2.75, 3.05) is 19.5 Å². The van der Waals surface area contributed by atoms with E-state index in [-0.39, 0.29) is 5.91 Å². The molecule has 0 unspecified atom stereocenters. The van der Waals surface area contributed by atoms with Gasteiger partial charge in [-0.2, -0.15) is 0 Å². The SMILES string of the molecule is COc1cc(Cn2c(C(=O)Nc3ccc(C)cc3)cc3occc32)cc(OC)c1. The first-order chi connectivity index (χ1) is 14.1. The molecule has 6 heteroatoms. The van der Waals surface area contributed by atoms with Crippen LogP contribution in [-0.2, 0) is 6.54 Å². The molecule has 0 atom stereocenters. The van der Waals surface area contributed by atoms with Crippen LogP contribution in [0, 0.1) is 6.92 Å². The molecule has 0 saturated heterocycles. The van der Waals surface area contributed by atoms with Crippen LogP contribution in [0.4, 0.5) is 5.69 Å². The lowest BCUT2D eigenvalue weighted by atomic mass is 10.2. The van der Waals surface area contributed by atoms with Gasteiger partial charge in [-0.25, -0.2) is 0 Å². The van der Waals surface area contributed by atoms with Gasteiger partial charge in [-0.3, -0.25) is 4.79 Å². The third kappa shape index (κ3) is 3.82. The standard InChI is InChI=1S/C23H22N2O4/c1-15-4-6-17(7-5-15)24-23(26)21-13-22-20(8-9-29-22)25(21)14-16-10-18(27-2)12-19(11-16)28-3/h4-13H,14H2,1-3H3,(H,24,26). The van der Waals surface area contributed by atoms with Crippen molar-refractivity contribution in [3.05, 3.63) is 77.7 Å². The van der Waals surface area contributed by atoms with Gasteiger partial charge in [0.05, 0.1) is 26.0 Å². The summed E-state index contributed by atoms with van der Waals surface area (Å²) in [5, 5.41) is 2.96. The number of amides is 1. The molecule has 0 aliphatic rings. The molecule has 2 aromatic heterocycles. The number of hydrogen-bond acceptors (Lipinski definition) is 4. The number of anilines is 1. The van der Waals surface area contributed by atoms with E-state index in [0.717, 1.165) is 22.3 Å². The van der Waals surface area contributed by atoms with E-state index in [1.807, 2.05) is 60.0 Å². The van der Waals surface area contributed by atoms with Crippen LogP contribution >= 0.6 is 0 Å². The van der Waals surface area contributed by atoms with Crippen LogP contribution in [-0.4, -0.2) is 24.7 Å². The van der Waals surface area contributed by atoms with Gasteiger partial charge in [0.1, 0.15) is 17.2 Å². The number of benzene rings is 2. The molecule has 29 heavy (non-hydrogen) atoms. The molecule has 4 rings (SSSR count). The molecule has 4 aromatic rings. The summed E-state index contributed by atoms with van der Waals surface area (Å²) in [5.74, 6) is 1.19. The van der Waals surface area contributed by atoms with E-state index in [2.05, 4.69) is 5.32 Å². The monoisotopic (exact) mass is 390 g/mol. The number of methoxy groups -OCH3 is 2. The fourth-order valence-corrected chi connectivity index (χ4v) is 3.31. The smallest absolute Gasteiger partial charge is 0.272 e. The number of fused-ring (bicyclic) bond motifs is 1. The maximum atomic E-state index is 13.0. The van der Waals surface area contributed by atoms with Gasteiger partial charge < -0.3 is 23.8 Å². The zero-order valence-electron chi connectivity index (χ0n) is 16.6. The van der Waals surface area contributed by atoms with Gasteiger partial charge in [-0.15, -0.1) is 0 Å². The van der Waals surface area contributed by atoms with E-state index in [0.29, 0.717) is 29.3 Å². The Balaban J connectivity index is 1.70. The maximum absolute atomic E-state index is 13.0. The molecule has 1 N–H and O–H groups in total. The molecule has 0 saturated carbocycles. The number of carbonyl (C=O) groups excluding carboxylic acids is 1. The molecule has 0 aliphatic carbocycles. The Morgan fingerprint density at radius 3 is 2.34 bits per heavy atom. The van der Waals surface area contributed by atoms with Gasteiger partial charge in [0.15, 0.2) is 5.58 Å². The molecule has 2 aromatic carbocycles. The summed E-state index contributed by atoms with van der Waals surface area (Å²) in [6, 6.07) is 17.0. The molecule has 0 bridgehead atoms. The quantitative estimate of drug-likeness (QED) is 0.511. The average Bonchev–Trinajstić information content (AvgIpc) is 3.32. The van der Waals surface area contributed by atoms with E-state index in [1.54, 1.807) is 26.5 Å². The zero-order valence-corrected chi connectivity index (χ0v) is 16.6. The van der Waals surface area contributed by atoms with E-state index in [1.165, 1.54) is 0 Å². The highest BCUT2D eigenvalue weighted by Crippen LogP contribution is 2.27. The zero-order chi connectivity index (χ0) is 20.4. The van der Waals surface area contributed by atoms with Gasteiger partial charge in [0.25, 0.3) is 5.91 Å². The number of carbonyl (C=O) groups is 1. The lowest BCUT2D eigenvalue weighted by Crippen LogP contribution is -2.17. The summed E-state index contributed by atoms with van der Waals surface area (Å²) >= 11 is 0. The lowest BCUT2D eigenvalue weighted by molar-refractivity contribution is 0.101. The summed E-state index contributed by atoms with van der Waals surface area (Å²) in [6.45, 7) is 2.47. The van der Waals surface area contributed by atoms with E-state index in [4.69, 9.17) is 13.9 Å². The van der Waals surface area contributed by atoms with E-state index in [9.17, 15) is 4.79 Å². The second-order valence-electron chi connectivity index (χ2n) is 6.83. The van der Waals surface area contributed by atoms with Crippen LogP contribution in [0.2, 0.25) is 0 Å². The highest BCUT2D eigenvalue weighted by Gasteiger charge is 2.18. The first-order valence-electron chi connectivity index (χ1n) is 9.24. The highest BCUT2D eigenvalue weighted by atomic mass is 16.5. The predicted octanol–water partition coefficient (Wildman–Crippen LogP) is 4.86. The van der Waals surface area contributed by atoms with Crippen LogP contribution < -0.4 is 14.8 Å². The van der Waals surface area contributed by atoms with Crippen LogP contribution in [0.5, 0.6) is 11.5 Å². The summed E-state index contributed by atoms with van der Waals surface area (Å²) in [7, 11) is 3.23. The fourth-order valence-electron chi connectivity index (χ4n) is 3.31. The van der Waals surface area contributed by atoms with Crippen molar-refractivity contribution >= 4 is 22.7 Å². The normalized spacial score (nSPS) is 10.9. The molecule has 0 aliphatic heterocycles. The van der Waals surface area contributed by atoms with Crippen LogP contribution in [0.15, 0.2) is 65.3 Å². The van der Waals surface area contributed by atoms with Crippen molar-refractivity contribution in [2.24, 2.45) is 0 Å². The van der Waals surface area contributed by atoms with Crippen LogP contribution in [0.3, 0.4) is 0 Å². The highest BCUT2D eigenvalue weighted by molar-refractivity contribution is 6.05. The van der Waals surface area contributed by atoms with Crippen molar-refractivity contribution < 1.29 is 18.7 Å². The number of rotatable bonds is 6. The number of hydrogen-bond donors (Lipinski definition) is 1. The molecule has 0 spiro atoms. The van der Waals surface area contributed by atoms with Gasteiger partial charge >= 0.3 is 0 Å². The van der Waals surface area contributed by atoms with Crippen molar-refractivity contribution in [3.63, 3.8) is 0 Å². The Bertz CT molecular complexity index is 1130. The minimum atomic E-state index is -0.199. The fraction of sp³-hybridized carbons (Fsp3) is 0.174. The van der Waals surface area contributed by atoms with E-state index < -0.39 is 0 Å². The number of nitrogens with zero attached hydrogens (tertiary/aromatic N) is 1. The molecule has 2 heterocycles. The average molecular weight is 390 g/mol. The first kappa shape index (κ1) is 18.7. The summed E-state index contributed by atoms with van der Waals surface area (Å²) in [5.41, 5.74) is 4.85. The second kappa shape index (κ2) is 7.75. The second-order valence-corrected chi connectivity index (χ2v) is 6.83. The molecule has 148 valence electrons. The van der Waals surface area contributed by atoms with Crippen molar-refractivity contribution in [3.8, 4) is 11.5 Å². The lowest BCUT2D eigenvalue weighted by Gasteiger charge is -2.13.